The maximum absolute atomic E-state index is 12.7. The third-order valence-corrected chi connectivity index (χ3v) is 6.76. The van der Waals surface area contributed by atoms with Crippen molar-refractivity contribution in [3.8, 4) is 5.69 Å². The SMILES string of the molecule is CN1C(=O)c2ccc(NC(=O)CSc3nc4c(n3-c3ccccc3)CCCC4)cc2C1=O. The molecule has 0 saturated carbocycles. The second-order valence-electron chi connectivity index (χ2n) is 7.93. The Kier molecular flexibility index (Phi) is 5.30. The van der Waals surface area contributed by atoms with Crippen molar-refractivity contribution >= 4 is 35.2 Å². The number of amides is 3. The summed E-state index contributed by atoms with van der Waals surface area (Å²) in [6, 6.07) is 14.9. The van der Waals surface area contributed by atoms with Crippen molar-refractivity contribution in [2.45, 2.75) is 30.8 Å². The molecule has 1 N–H and O–H groups in total. The summed E-state index contributed by atoms with van der Waals surface area (Å²) in [5.41, 5.74) is 4.58. The zero-order valence-corrected chi connectivity index (χ0v) is 18.4. The first kappa shape index (κ1) is 20.5. The van der Waals surface area contributed by atoms with Crippen molar-refractivity contribution < 1.29 is 14.4 Å². The zero-order valence-electron chi connectivity index (χ0n) is 17.6. The molecule has 3 aromatic rings. The van der Waals surface area contributed by atoms with Crippen LogP contribution in [0.3, 0.4) is 0 Å². The third kappa shape index (κ3) is 3.60. The van der Waals surface area contributed by atoms with Gasteiger partial charge in [-0.15, -0.1) is 0 Å². The van der Waals surface area contributed by atoms with Crippen LogP contribution >= 0.6 is 11.8 Å². The monoisotopic (exact) mass is 446 g/mol. The molecular weight excluding hydrogens is 424 g/mol. The predicted molar refractivity (Wildman–Crippen MR) is 122 cm³/mol. The first-order valence-electron chi connectivity index (χ1n) is 10.6. The highest BCUT2D eigenvalue weighted by molar-refractivity contribution is 7.99. The van der Waals surface area contributed by atoms with Crippen LogP contribution < -0.4 is 5.32 Å². The summed E-state index contributed by atoms with van der Waals surface area (Å²) in [5.74, 6) is -0.686. The quantitative estimate of drug-likeness (QED) is 0.477. The molecule has 1 aliphatic heterocycles. The van der Waals surface area contributed by atoms with Gasteiger partial charge in [-0.3, -0.25) is 23.9 Å². The van der Waals surface area contributed by atoms with Gasteiger partial charge in [-0.25, -0.2) is 4.98 Å². The van der Waals surface area contributed by atoms with Crippen LogP contribution in [0.1, 0.15) is 44.9 Å². The fraction of sp³-hybridized carbons (Fsp3) is 0.250. The summed E-state index contributed by atoms with van der Waals surface area (Å²) < 4.78 is 2.17. The minimum absolute atomic E-state index is 0.187. The Morgan fingerprint density at radius 2 is 1.78 bits per heavy atom. The Hall–Kier alpha value is -3.39. The van der Waals surface area contributed by atoms with E-state index in [0.29, 0.717) is 16.8 Å². The van der Waals surface area contributed by atoms with E-state index in [1.165, 1.54) is 24.5 Å². The maximum Gasteiger partial charge on any atom is 0.261 e. The number of carbonyl (C=O) groups is 3. The van der Waals surface area contributed by atoms with E-state index in [2.05, 4.69) is 22.0 Å². The number of aryl methyl sites for hydroxylation is 1. The van der Waals surface area contributed by atoms with Crippen molar-refractivity contribution in [3.63, 3.8) is 0 Å². The molecule has 32 heavy (non-hydrogen) atoms. The van der Waals surface area contributed by atoms with Gasteiger partial charge in [0.1, 0.15) is 0 Å². The summed E-state index contributed by atoms with van der Waals surface area (Å²) in [4.78, 5) is 42.8. The van der Waals surface area contributed by atoms with E-state index < -0.39 is 0 Å². The van der Waals surface area contributed by atoms with Crippen LogP contribution in [-0.2, 0) is 17.6 Å². The molecule has 5 rings (SSSR count). The van der Waals surface area contributed by atoms with Gasteiger partial charge in [0.25, 0.3) is 11.8 Å². The minimum atomic E-state index is -0.356. The van der Waals surface area contributed by atoms with E-state index in [-0.39, 0.29) is 23.5 Å². The van der Waals surface area contributed by atoms with Gasteiger partial charge in [0.05, 0.1) is 22.6 Å². The van der Waals surface area contributed by atoms with Gasteiger partial charge in [-0.1, -0.05) is 30.0 Å². The smallest absolute Gasteiger partial charge is 0.261 e. The number of benzene rings is 2. The van der Waals surface area contributed by atoms with Crippen LogP contribution in [0.4, 0.5) is 5.69 Å². The number of nitrogens with zero attached hydrogens (tertiary/aromatic N) is 3. The molecule has 7 nitrogen and oxygen atoms in total. The number of thioether (sulfide) groups is 1. The van der Waals surface area contributed by atoms with Gasteiger partial charge in [0.2, 0.25) is 5.91 Å². The van der Waals surface area contributed by atoms with Crippen molar-refractivity contribution in [1.82, 2.24) is 14.5 Å². The number of carbonyl (C=O) groups excluding carboxylic acids is 3. The summed E-state index contributed by atoms with van der Waals surface area (Å²) >= 11 is 1.40. The molecule has 0 saturated heterocycles. The second-order valence-corrected chi connectivity index (χ2v) is 8.87. The highest BCUT2D eigenvalue weighted by Crippen LogP contribution is 2.31. The van der Waals surface area contributed by atoms with E-state index in [0.717, 1.165) is 47.1 Å². The molecule has 2 aromatic carbocycles. The predicted octanol–water partition coefficient (Wildman–Crippen LogP) is 3.71. The summed E-state index contributed by atoms with van der Waals surface area (Å²) in [7, 11) is 1.45. The molecule has 2 aliphatic rings. The number of anilines is 1. The Bertz CT molecular complexity index is 1240. The van der Waals surface area contributed by atoms with Gasteiger partial charge < -0.3 is 5.32 Å². The number of nitrogens with one attached hydrogen (secondary N) is 1. The lowest BCUT2D eigenvalue weighted by Crippen LogP contribution is -2.24. The minimum Gasteiger partial charge on any atom is -0.325 e. The summed E-state index contributed by atoms with van der Waals surface area (Å²) in [6.45, 7) is 0. The normalized spacial score (nSPS) is 15.0. The fourth-order valence-corrected chi connectivity index (χ4v) is 5.07. The molecule has 0 fully saturated rings. The number of fused-ring (bicyclic) bond motifs is 2. The van der Waals surface area contributed by atoms with Gasteiger partial charge in [0.15, 0.2) is 5.16 Å². The van der Waals surface area contributed by atoms with E-state index >= 15 is 0 Å². The molecule has 0 spiro atoms. The molecule has 1 aromatic heterocycles. The average molecular weight is 447 g/mol. The number of rotatable bonds is 5. The van der Waals surface area contributed by atoms with Crippen LogP contribution in [-0.4, -0.2) is 45.0 Å². The number of aromatic nitrogens is 2. The van der Waals surface area contributed by atoms with Crippen LogP contribution in [0, 0.1) is 0 Å². The van der Waals surface area contributed by atoms with Gasteiger partial charge in [-0.2, -0.15) is 0 Å². The standard InChI is InChI=1S/C24H22N4O3S/c1-27-22(30)17-12-11-15(13-18(17)23(27)31)25-21(29)14-32-24-26-19-9-5-6-10-20(19)28(24)16-7-3-2-4-8-16/h2-4,7-8,11-13H,5-6,9-10,14H2,1H3,(H,25,29). The third-order valence-electron chi connectivity index (χ3n) is 5.82. The van der Waals surface area contributed by atoms with E-state index in [1.807, 2.05) is 18.2 Å². The van der Waals surface area contributed by atoms with Crippen molar-refractivity contribution in [2.75, 3.05) is 18.1 Å². The lowest BCUT2D eigenvalue weighted by molar-refractivity contribution is -0.113. The molecule has 162 valence electrons. The van der Waals surface area contributed by atoms with Crippen molar-refractivity contribution in [1.29, 1.82) is 0 Å². The van der Waals surface area contributed by atoms with Crippen LogP contribution in [0.2, 0.25) is 0 Å². The number of hydrogen-bond donors (Lipinski definition) is 1. The number of imidazole rings is 1. The van der Waals surface area contributed by atoms with Crippen LogP contribution in [0.25, 0.3) is 5.69 Å². The molecule has 0 bridgehead atoms. The molecule has 0 unspecified atom stereocenters. The highest BCUT2D eigenvalue weighted by atomic mass is 32.2. The van der Waals surface area contributed by atoms with E-state index in [1.54, 1.807) is 18.2 Å². The van der Waals surface area contributed by atoms with Crippen LogP contribution in [0.15, 0.2) is 53.7 Å². The molecule has 3 amide bonds. The molecule has 0 atom stereocenters. The molecular formula is C24H22N4O3S. The Balaban J connectivity index is 1.33. The average Bonchev–Trinajstić information content (AvgIpc) is 3.29. The van der Waals surface area contributed by atoms with E-state index in [9.17, 15) is 14.4 Å². The largest absolute Gasteiger partial charge is 0.325 e. The second kappa shape index (κ2) is 8.27. The maximum atomic E-state index is 12.7. The van der Waals surface area contributed by atoms with Crippen molar-refractivity contribution in [3.05, 3.63) is 71.0 Å². The number of imide groups is 1. The summed E-state index contributed by atoms with van der Waals surface area (Å²) in [6.07, 6.45) is 4.23. The van der Waals surface area contributed by atoms with E-state index in [4.69, 9.17) is 4.98 Å². The lowest BCUT2D eigenvalue weighted by Gasteiger charge is -2.15. The van der Waals surface area contributed by atoms with Crippen LogP contribution in [0.5, 0.6) is 0 Å². The number of hydrogen-bond acceptors (Lipinski definition) is 5. The van der Waals surface area contributed by atoms with Crippen molar-refractivity contribution in [2.24, 2.45) is 0 Å². The zero-order chi connectivity index (χ0) is 22.2. The van der Waals surface area contributed by atoms with Gasteiger partial charge in [0, 0.05) is 24.1 Å². The molecule has 0 radical (unpaired) electrons. The Morgan fingerprint density at radius 3 is 2.59 bits per heavy atom. The van der Waals surface area contributed by atoms with Gasteiger partial charge in [-0.05, 0) is 56.0 Å². The summed E-state index contributed by atoms with van der Waals surface area (Å²) in [5, 5.41) is 3.65. The Morgan fingerprint density at radius 1 is 1.03 bits per heavy atom. The lowest BCUT2D eigenvalue weighted by atomic mass is 10.0. The Labute approximate surface area is 189 Å². The molecule has 8 heteroatoms. The van der Waals surface area contributed by atoms with Gasteiger partial charge >= 0.3 is 0 Å². The highest BCUT2D eigenvalue weighted by Gasteiger charge is 2.32. The number of para-hydroxylation sites is 1. The topological polar surface area (TPSA) is 84.3 Å². The first-order chi connectivity index (χ1) is 15.5. The molecule has 2 heterocycles. The first-order valence-corrected chi connectivity index (χ1v) is 11.6. The molecule has 1 aliphatic carbocycles. The fourth-order valence-electron chi connectivity index (χ4n) is 4.22.